The van der Waals surface area contributed by atoms with Crippen LogP contribution in [0.4, 0.5) is 5.13 Å². The van der Waals surface area contributed by atoms with Crippen LogP contribution in [0.1, 0.15) is 5.56 Å². The first-order valence-electron chi connectivity index (χ1n) is 5.05. The summed E-state index contributed by atoms with van der Waals surface area (Å²) in [5, 5.41) is 6.08. The van der Waals surface area contributed by atoms with Gasteiger partial charge < -0.3 is 14.8 Å². The van der Waals surface area contributed by atoms with Gasteiger partial charge in [0.05, 0.1) is 0 Å². The average molecular weight is 313 g/mol. The Morgan fingerprint density at radius 3 is 3.18 bits per heavy atom. The fourth-order valence-electron chi connectivity index (χ4n) is 1.64. The van der Waals surface area contributed by atoms with Crippen molar-refractivity contribution in [2.45, 2.75) is 6.54 Å². The molecule has 0 saturated heterocycles. The highest BCUT2D eigenvalue weighted by atomic mass is 79.9. The molecule has 1 aliphatic rings. The third-order valence-electron chi connectivity index (χ3n) is 2.38. The van der Waals surface area contributed by atoms with E-state index in [2.05, 4.69) is 26.2 Å². The van der Waals surface area contributed by atoms with Gasteiger partial charge in [-0.15, -0.1) is 11.3 Å². The molecule has 1 aliphatic heterocycles. The maximum Gasteiger partial charge on any atom is 0.231 e. The second kappa shape index (κ2) is 4.54. The molecule has 6 heteroatoms. The fraction of sp³-hybridized carbons (Fsp3) is 0.182. The molecule has 0 bridgehead atoms. The molecule has 88 valence electrons. The zero-order valence-corrected chi connectivity index (χ0v) is 11.2. The third kappa shape index (κ3) is 2.23. The monoisotopic (exact) mass is 312 g/mol. The standard InChI is InChI=1S/C11H9BrN2O2S/c12-9-5-17-11(14-9)13-4-7-2-1-3-8-10(7)16-6-15-8/h1-3,5H,4,6H2,(H,13,14). The third-order valence-corrected chi connectivity index (χ3v) is 3.89. The van der Waals surface area contributed by atoms with E-state index in [0.29, 0.717) is 13.3 Å². The van der Waals surface area contributed by atoms with E-state index < -0.39 is 0 Å². The quantitative estimate of drug-likeness (QED) is 0.945. The molecule has 0 saturated carbocycles. The summed E-state index contributed by atoms with van der Waals surface area (Å²) in [6.45, 7) is 0.974. The Bertz CT molecular complexity index is 544. The van der Waals surface area contributed by atoms with Crippen molar-refractivity contribution in [1.29, 1.82) is 0 Å². The Kier molecular flexibility index (Phi) is 2.90. The number of rotatable bonds is 3. The predicted octanol–water partition coefficient (Wildman–Crippen LogP) is 3.25. The number of halogens is 1. The van der Waals surface area contributed by atoms with Crippen LogP contribution in [0.3, 0.4) is 0 Å². The molecule has 0 radical (unpaired) electrons. The van der Waals surface area contributed by atoms with Gasteiger partial charge >= 0.3 is 0 Å². The minimum absolute atomic E-state index is 0.301. The summed E-state index contributed by atoms with van der Waals surface area (Å²) < 4.78 is 11.6. The Hall–Kier alpha value is -1.27. The molecular formula is C11H9BrN2O2S. The molecular weight excluding hydrogens is 304 g/mol. The number of nitrogens with one attached hydrogen (secondary N) is 1. The average Bonchev–Trinajstić information content (AvgIpc) is 2.94. The summed E-state index contributed by atoms with van der Waals surface area (Å²) in [7, 11) is 0. The number of para-hydroxylation sites is 1. The number of benzene rings is 1. The Morgan fingerprint density at radius 2 is 2.35 bits per heavy atom. The smallest absolute Gasteiger partial charge is 0.231 e. The molecule has 1 aromatic heterocycles. The van der Waals surface area contributed by atoms with Gasteiger partial charge in [-0.3, -0.25) is 0 Å². The van der Waals surface area contributed by atoms with Gasteiger partial charge in [0.1, 0.15) is 4.60 Å². The van der Waals surface area contributed by atoms with Crippen molar-refractivity contribution < 1.29 is 9.47 Å². The van der Waals surface area contributed by atoms with E-state index in [1.54, 1.807) is 11.3 Å². The van der Waals surface area contributed by atoms with Gasteiger partial charge in [0.25, 0.3) is 0 Å². The first-order valence-corrected chi connectivity index (χ1v) is 6.72. The first-order chi connectivity index (χ1) is 8.33. The van der Waals surface area contributed by atoms with Crippen molar-refractivity contribution in [3.8, 4) is 11.5 Å². The number of fused-ring (bicyclic) bond motifs is 1. The minimum Gasteiger partial charge on any atom is -0.454 e. The lowest BCUT2D eigenvalue weighted by atomic mass is 10.2. The number of ether oxygens (including phenoxy) is 2. The summed E-state index contributed by atoms with van der Waals surface area (Å²) in [6, 6.07) is 5.89. The van der Waals surface area contributed by atoms with Crippen LogP contribution in [0, 0.1) is 0 Å². The van der Waals surface area contributed by atoms with Gasteiger partial charge in [0, 0.05) is 17.5 Å². The maximum atomic E-state index is 5.43. The zero-order valence-electron chi connectivity index (χ0n) is 8.77. The summed E-state index contributed by atoms with van der Waals surface area (Å²) in [6.07, 6.45) is 0. The number of aromatic nitrogens is 1. The number of hydrogen-bond acceptors (Lipinski definition) is 5. The van der Waals surface area contributed by atoms with Crippen molar-refractivity contribution >= 4 is 32.4 Å². The fourth-order valence-corrected chi connectivity index (χ4v) is 2.78. The van der Waals surface area contributed by atoms with Crippen LogP contribution in [-0.4, -0.2) is 11.8 Å². The molecule has 3 rings (SSSR count). The maximum absolute atomic E-state index is 5.43. The molecule has 2 aromatic rings. The largest absolute Gasteiger partial charge is 0.454 e. The predicted molar refractivity (Wildman–Crippen MR) is 69.7 cm³/mol. The molecule has 0 atom stereocenters. The molecule has 17 heavy (non-hydrogen) atoms. The van der Waals surface area contributed by atoms with Crippen LogP contribution in [0.15, 0.2) is 28.2 Å². The van der Waals surface area contributed by atoms with Crippen LogP contribution >= 0.6 is 27.3 Å². The summed E-state index contributed by atoms with van der Waals surface area (Å²) >= 11 is 4.88. The van der Waals surface area contributed by atoms with E-state index in [9.17, 15) is 0 Å². The van der Waals surface area contributed by atoms with Gasteiger partial charge in [-0.05, 0) is 22.0 Å². The molecule has 4 nitrogen and oxygen atoms in total. The van der Waals surface area contributed by atoms with Crippen LogP contribution in [0.2, 0.25) is 0 Å². The molecule has 0 spiro atoms. The van der Waals surface area contributed by atoms with E-state index in [0.717, 1.165) is 26.8 Å². The zero-order chi connectivity index (χ0) is 11.7. The van der Waals surface area contributed by atoms with Crippen molar-refractivity contribution in [3.05, 3.63) is 33.7 Å². The summed E-state index contributed by atoms with van der Waals surface area (Å²) in [4.78, 5) is 4.27. The lowest BCUT2D eigenvalue weighted by Gasteiger charge is -2.06. The normalized spacial score (nSPS) is 12.8. The van der Waals surface area contributed by atoms with Crippen LogP contribution in [0.5, 0.6) is 11.5 Å². The molecule has 0 amide bonds. The van der Waals surface area contributed by atoms with Gasteiger partial charge in [-0.1, -0.05) is 12.1 Å². The van der Waals surface area contributed by atoms with Crippen LogP contribution < -0.4 is 14.8 Å². The van der Waals surface area contributed by atoms with E-state index in [-0.39, 0.29) is 0 Å². The SMILES string of the molecule is Brc1csc(NCc2cccc3c2OCO3)n1. The highest BCUT2D eigenvalue weighted by molar-refractivity contribution is 9.10. The van der Waals surface area contributed by atoms with E-state index in [4.69, 9.17) is 9.47 Å². The molecule has 0 aliphatic carbocycles. The molecule has 0 fully saturated rings. The van der Waals surface area contributed by atoms with Gasteiger partial charge in [-0.25, -0.2) is 4.98 Å². The number of hydrogen-bond donors (Lipinski definition) is 1. The van der Waals surface area contributed by atoms with Crippen molar-refractivity contribution in [2.24, 2.45) is 0 Å². The minimum atomic E-state index is 0.301. The lowest BCUT2D eigenvalue weighted by Crippen LogP contribution is -2.00. The van der Waals surface area contributed by atoms with Crippen molar-refractivity contribution in [1.82, 2.24) is 4.98 Å². The second-order valence-electron chi connectivity index (χ2n) is 3.48. The van der Waals surface area contributed by atoms with E-state index in [1.807, 2.05) is 23.6 Å². The van der Waals surface area contributed by atoms with E-state index in [1.165, 1.54) is 0 Å². The van der Waals surface area contributed by atoms with Gasteiger partial charge in [0.15, 0.2) is 16.6 Å². The van der Waals surface area contributed by atoms with Gasteiger partial charge in [0.2, 0.25) is 6.79 Å². The molecule has 1 N–H and O–H groups in total. The molecule has 1 aromatic carbocycles. The molecule has 2 heterocycles. The molecule has 0 unspecified atom stereocenters. The number of nitrogens with zero attached hydrogens (tertiary/aromatic N) is 1. The van der Waals surface area contributed by atoms with Gasteiger partial charge in [-0.2, -0.15) is 0 Å². The topological polar surface area (TPSA) is 43.4 Å². The highest BCUT2D eigenvalue weighted by Crippen LogP contribution is 2.35. The first kappa shape index (κ1) is 10.9. The number of thiazole rings is 1. The lowest BCUT2D eigenvalue weighted by molar-refractivity contribution is 0.173. The summed E-state index contributed by atoms with van der Waals surface area (Å²) in [5.41, 5.74) is 1.08. The Labute approximate surface area is 111 Å². The Morgan fingerprint density at radius 1 is 1.41 bits per heavy atom. The van der Waals surface area contributed by atoms with Crippen LogP contribution in [-0.2, 0) is 6.54 Å². The van der Waals surface area contributed by atoms with Crippen molar-refractivity contribution in [2.75, 3.05) is 12.1 Å². The Balaban J connectivity index is 1.75. The van der Waals surface area contributed by atoms with Crippen LogP contribution in [0.25, 0.3) is 0 Å². The van der Waals surface area contributed by atoms with Crippen molar-refractivity contribution in [3.63, 3.8) is 0 Å². The van der Waals surface area contributed by atoms with E-state index >= 15 is 0 Å². The second-order valence-corrected chi connectivity index (χ2v) is 5.15. The highest BCUT2D eigenvalue weighted by Gasteiger charge is 2.16. The summed E-state index contributed by atoms with van der Waals surface area (Å²) in [5.74, 6) is 1.64. The number of anilines is 1.